The lowest BCUT2D eigenvalue weighted by Gasteiger charge is -2.01. The highest BCUT2D eigenvalue weighted by molar-refractivity contribution is 9.10. The van der Waals surface area contributed by atoms with Crippen molar-refractivity contribution in [3.63, 3.8) is 0 Å². The van der Waals surface area contributed by atoms with Gasteiger partial charge in [-0.1, -0.05) is 27.2 Å². The Labute approximate surface area is 84.7 Å². The maximum Gasteiger partial charge on any atom is 0.167 e. The van der Waals surface area contributed by atoms with Crippen molar-refractivity contribution in [1.29, 1.82) is 0 Å². The quantitative estimate of drug-likeness (QED) is 0.760. The zero-order valence-electron chi connectivity index (χ0n) is 7.12. The first kappa shape index (κ1) is 8.51. The number of halogens is 1. The summed E-state index contributed by atoms with van der Waals surface area (Å²) in [6, 6.07) is 7.93. The second-order valence-corrected chi connectivity index (χ2v) is 3.75. The van der Waals surface area contributed by atoms with E-state index in [1.807, 2.05) is 31.2 Å². The lowest BCUT2D eigenvalue weighted by molar-refractivity contribution is 0.432. The predicted octanol–water partition coefficient (Wildman–Crippen LogP) is 3.41. The largest absolute Gasteiger partial charge is 0.356 e. The number of nitrogens with zero attached hydrogens (tertiary/aromatic N) is 1. The van der Waals surface area contributed by atoms with Gasteiger partial charge in [-0.3, -0.25) is 0 Å². The van der Waals surface area contributed by atoms with Gasteiger partial charge in [-0.05, 0) is 24.6 Å². The van der Waals surface area contributed by atoms with Gasteiger partial charge >= 0.3 is 0 Å². The van der Waals surface area contributed by atoms with Crippen molar-refractivity contribution in [1.82, 2.24) is 5.16 Å². The van der Waals surface area contributed by atoms with Gasteiger partial charge in [-0.25, -0.2) is 0 Å². The second kappa shape index (κ2) is 3.34. The molecule has 0 bridgehead atoms. The van der Waals surface area contributed by atoms with Gasteiger partial charge in [0.1, 0.15) is 0 Å². The Morgan fingerprint density at radius 1 is 1.31 bits per heavy atom. The Bertz CT molecular complexity index is 409. The van der Waals surface area contributed by atoms with E-state index in [1.165, 1.54) is 5.56 Å². The third-order valence-electron chi connectivity index (χ3n) is 1.90. The van der Waals surface area contributed by atoms with Crippen molar-refractivity contribution >= 4 is 15.9 Å². The van der Waals surface area contributed by atoms with Gasteiger partial charge in [0.25, 0.3) is 0 Å². The number of hydrogen-bond acceptors (Lipinski definition) is 2. The highest BCUT2D eigenvalue weighted by Crippen LogP contribution is 2.26. The summed E-state index contributed by atoms with van der Waals surface area (Å²) < 4.78 is 6.13. The fourth-order valence-electron chi connectivity index (χ4n) is 1.21. The van der Waals surface area contributed by atoms with E-state index in [4.69, 9.17) is 4.52 Å². The Morgan fingerprint density at radius 2 is 2.15 bits per heavy atom. The third-order valence-corrected chi connectivity index (χ3v) is 2.40. The van der Waals surface area contributed by atoms with Crippen LogP contribution < -0.4 is 0 Å². The van der Waals surface area contributed by atoms with Gasteiger partial charge < -0.3 is 4.52 Å². The van der Waals surface area contributed by atoms with E-state index < -0.39 is 0 Å². The van der Waals surface area contributed by atoms with Crippen LogP contribution >= 0.6 is 15.9 Å². The summed E-state index contributed by atoms with van der Waals surface area (Å²) in [6.07, 6.45) is 1.65. The first-order valence-corrected chi connectivity index (χ1v) is 4.74. The number of benzene rings is 1. The molecule has 0 N–H and O–H groups in total. The van der Waals surface area contributed by atoms with Crippen molar-refractivity contribution in [3.05, 3.63) is 40.5 Å². The minimum Gasteiger partial charge on any atom is -0.356 e. The molecule has 0 amide bonds. The summed E-state index contributed by atoms with van der Waals surface area (Å²) >= 11 is 3.42. The standard InChI is InChI=1S/C10H8BrNO/c1-7-2-3-8(11)6-9(7)10-4-5-12-13-10/h2-6H,1H3. The molecule has 0 unspecified atom stereocenters. The normalized spacial score (nSPS) is 10.3. The zero-order valence-corrected chi connectivity index (χ0v) is 8.71. The molecule has 2 aromatic rings. The van der Waals surface area contributed by atoms with Crippen LogP contribution in [0, 0.1) is 6.92 Å². The first-order valence-electron chi connectivity index (χ1n) is 3.94. The van der Waals surface area contributed by atoms with Gasteiger partial charge in [0.2, 0.25) is 0 Å². The van der Waals surface area contributed by atoms with Crippen LogP contribution in [-0.4, -0.2) is 5.16 Å². The summed E-state index contributed by atoms with van der Waals surface area (Å²) in [7, 11) is 0. The molecular weight excluding hydrogens is 230 g/mol. The number of hydrogen-bond donors (Lipinski definition) is 0. The van der Waals surface area contributed by atoms with Crippen LogP contribution in [0.25, 0.3) is 11.3 Å². The first-order chi connectivity index (χ1) is 6.27. The topological polar surface area (TPSA) is 26.0 Å². The van der Waals surface area contributed by atoms with E-state index in [2.05, 4.69) is 21.1 Å². The molecule has 13 heavy (non-hydrogen) atoms. The highest BCUT2D eigenvalue weighted by atomic mass is 79.9. The zero-order chi connectivity index (χ0) is 9.26. The molecule has 1 aromatic carbocycles. The fraction of sp³-hybridized carbons (Fsp3) is 0.100. The lowest BCUT2D eigenvalue weighted by atomic mass is 10.1. The van der Waals surface area contributed by atoms with E-state index in [9.17, 15) is 0 Å². The van der Waals surface area contributed by atoms with Crippen LogP contribution in [0.4, 0.5) is 0 Å². The molecule has 0 fully saturated rings. The second-order valence-electron chi connectivity index (χ2n) is 2.84. The van der Waals surface area contributed by atoms with Gasteiger partial charge in [-0.2, -0.15) is 0 Å². The van der Waals surface area contributed by atoms with Crippen molar-refractivity contribution in [2.45, 2.75) is 6.92 Å². The van der Waals surface area contributed by atoms with E-state index in [1.54, 1.807) is 6.20 Å². The summed E-state index contributed by atoms with van der Waals surface area (Å²) in [6.45, 7) is 2.05. The summed E-state index contributed by atoms with van der Waals surface area (Å²) in [5, 5.41) is 3.68. The Balaban J connectivity index is 2.57. The minimum atomic E-state index is 0.804. The molecule has 1 aromatic heterocycles. The average molecular weight is 238 g/mol. The van der Waals surface area contributed by atoms with Crippen molar-refractivity contribution < 1.29 is 4.52 Å². The van der Waals surface area contributed by atoms with Gasteiger partial charge in [0.05, 0.1) is 6.20 Å². The third kappa shape index (κ3) is 1.65. The van der Waals surface area contributed by atoms with Crippen LogP contribution in [0.3, 0.4) is 0 Å². The lowest BCUT2D eigenvalue weighted by Crippen LogP contribution is -1.80. The van der Waals surface area contributed by atoms with Crippen LogP contribution in [0.1, 0.15) is 5.56 Å². The van der Waals surface area contributed by atoms with Gasteiger partial charge in [0, 0.05) is 16.1 Å². The maximum atomic E-state index is 5.08. The van der Waals surface area contributed by atoms with Crippen molar-refractivity contribution in [2.24, 2.45) is 0 Å². The maximum absolute atomic E-state index is 5.08. The molecule has 0 saturated heterocycles. The van der Waals surface area contributed by atoms with Crippen molar-refractivity contribution in [2.75, 3.05) is 0 Å². The predicted molar refractivity (Wildman–Crippen MR) is 54.4 cm³/mol. The molecule has 2 nitrogen and oxygen atoms in total. The average Bonchev–Trinajstić information content (AvgIpc) is 2.61. The van der Waals surface area contributed by atoms with Crippen LogP contribution in [0.15, 0.2) is 39.5 Å². The van der Waals surface area contributed by atoms with E-state index in [0.717, 1.165) is 15.8 Å². The fourth-order valence-corrected chi connectivity index (χ4v) is 1.58. The van der Waals surface area contributed by atoms with Crippen LogP contribution in [0.2, 0.25) is 0 Å². The van der Waals surface area contributed by atoms with Crippen LogP contribution in [-0.2, 0) is 0 Å². The van der Waals surface area contributed by atoms with E-state index >= 15 is 0 Å². The van der Waals surface area contributed by atoms with E-state index in [0.29, 0.717) is 0 Å². The molecule has 1 heterocycles. The molecule has 0 atom stereocenters. The Morgan fingerprint density at radius 3 is 2.85 bits per heavy atom. The monoisotopic (exact) mass is 237 g/mol. The summed E-state index contributed by atoms with van der Waals surface area (Å²) in [4.78, 5) is 0. The smallest absolute Gasteiger partial charge is 0.167 e. The van der Waals surface area contributed by atoms with Gasteiger partial charge in [0.15, 0.2) is 5.76 Å². The highest BCUT2D eigenvalue weighted by Gasteiger charge is 2.05. The molecule has 0 aliphatic carbocycles. The number of rotatable bonds is 1. The molecule has 66 valence electrons. The van der Waals surface area contributed by atoms with Crippen LogP contribution in [0.5, 0.6) is 0 Å². The van der Waals surface area contributed by atoms with Gasteiger partial charge in [-0.15, -0.1) is 0 Å². The summed E-state index contributed by atoms with van der Waals surface area (Å²) in [5.74, 6) is 0.804. The molecule has 0 aliphatic heterocycles. The molecule has 2 rings (SSSR count). The SMILES string of the molecule is Cc1ccc(Br)cc1-c1ccno1. The molecular formula is C10H8BrNO. The van der Waals surface area contributed by atoms with E-state index in [-0.39, 0.29) is 0 Å². The Hall–Kier alpha value is -1.09. The number of aryl methyl sites for hydroxylation is 1. The molecule has 0 spiro atoms. The molecule has 0 radical (unpaired) electrons. The molecule has 3 heteroatoms. The molecule has 0 aliphatic rings. The number of aromatic nitrogens is 1. The summed E-state index contributed by atoms with van der Waals surface area (Å²) in [5.41, 5.74) is 2.26. The Kier molecular flexibility index (Phi) is 2.19. The van der Waals surface area contributed by atoms with Crippen molar-refractivity contribution in [3.8, 4) is 11.3 Å². The molecule has 0 saturated carbocycles. The minimum absolute atomic E-state index is 0.804.